The first-order valence-corrected chi connectivity index (χ1v) is 4.97. The Labute approximate surface area is 91.0 Å². The van der Waals surface area contributed by atoms with Gasteiger partial charge in [0.2, 0.25) is 0 Å². The van der Waals surface area contributed by atoms with Crippen molar-refractivity contribution in [2.45, 2.75) is 0 Å². The molecule has 0 aliphatic heterocycles. The first-order valence-electron chi connectivity index (χ1n) is 3.52. The van der Waals surface area contributed by atoms with Crippen molar-refractivity contribution < 1.29 is 0 Å². The van der Waals surface area contributed by atoms with Gasteiger partial charge >= 0.3 is 0 Å². The van der Waals surface area contributed by atoms with Crippen LogP contribution in [0.4, 0.5) is 5.69 Å². The lowest BCUT2D eigenvalue weighted by atomic mass is 10.3. The van der Waals surface area contributed by atoms with Crippen LogP contribution < -0.4 is 5.32 Å². The molecular formula is C9H9ClIN. The van der Waals surface area contributed by atoms with Crippen molar-refractivity contribution in [3.05, 3.63) is 39.4 Å². The highest BCUT2D eigenvalue weighted by atomic mass is 127. The number of hydrogen-bond acceptors (Lipinski definition) is 1. The predicted molar refractivity (Wildman–Crippen MR) is 62.6 cm³/mol. The molecule has 0 atom stereocenters. The van der Waals surface area contributed by atoms with Gasteiger partial charge in [0, 0.05) is 14.3 Å². The largest absolute Gasteiger partial charge is 0.379 e. The summed E-state index contributed by atoms with van der Waals surface area (Å²) in [5.74, 6) is 0. The molecule has 0 heterocycles. The summed E-state index contributed by atoms with van der Waals surface area (Å²) < 4.78 is 1.19. The monoisotopic (exact) mass is 293 g/mol. The average Bonchev–Trinajstić information content (AvgIpc) is 2.03. The normalized spacial score (nSPS) is 9.50. The van der Waals surface area contributed by atoms with Crippen LogP contribution in [0.25, 0.3) is 0 Å². The van der Waals surface area contributed by atoms with E-state index in [-0.39, 0.29) is 0 Å². The third-order valence-corrected chi connectivity index (χ3v) is 2.42. The molecule has 0 unspecified atom stereocenters. The molecule has 1 rings (SSSR count). The van der Waals surface area contributed by atoms with Gasteiger partial charge in [-0.1, -0.05) is 30.3 Å². The fourth-order valence-corrected chi connectivity index (χ4v) is 1.44. The number of benzene rings is 1. The lowest BCUT2D eigenvalue weighted by Gasteiger charge is -2.06. The summed E-state index contributed by atoms with van der Waals surface area (Å²) in [7, 11) is 0. The fourth-order valence-electron chi connectivity index (χ4n) is 0.796. The van der Waals surface area contributed by atoms with Crippen LogP contribution >= 0.6 is 34.2 Å². The lowest BCUT2D eigenvalue weighted by molar-refractivity contribution is 1.31. The van der Waals surface area contributed by atoms with Gasteiger partial charge in [0.15, 0.2) is 0 Å². The van der Waals surface area contributed by atoms with Crippen molar-refractivity contribution in [2.24, 2.45) is 0 Å². The minimum absolute atomic E-state index is 0.613. The summed E-state index contributed by atoms with van der Waals surface area (Å²) >= 11 is 7.89. The van der Waals surface area contributed by atoms with Crippen LogP contribution in [0.5, 0.6) is 0 Å². The third-order valence-electron chi connectivity index (χ3n) is 1.34. The summed E-state index contributed by atoms with van der Waals surface area (Å²) in [4.78, 5) is 0. The zero-order chi connectivity index (χ0) is 8.97. The second-order valence-electron chi connectivity index (χ2n) is 2.35. The van der Waals surface area contributed by atoms with Gasteiger partial charge in [-0.05, 0) is 34.7 Å². The molecule has 1 N–H and O–H groups in total. The summed E-state index contributed by atoms with van der Waals surface area (Å²) in [6.45, 7) is 4.21. The van der Waals surface area contributed by atoms with E-state index in [4.69, 9.17) is 11.6 Å². The molecule has 1 aromatic carbocycles. The number of halogens is 2. The molecule has 0 aromatic heterocycles. The Kier molecular flexibility index (Phi) is 3.88. The van der Waals surface area contributed by atoms with Crippen LogP contribution in [-0.2, 0) is 0 Å². The van der Waals surface area contributed by atoms with Crippen LogP contribution in [-0.4, -0.2) is 6.54 Å². The molecular weight excluding hydrogens is 284 g/mol. The molecule has 0 radical (unpaired) electrons. The van der Waals surface area contributed by atoms with E-state index >= 15 is 0 Å². The Morgan fingerprint density at radius 3 is 2.75 bits per heavy atom. The molecule has 0 aliphatic rings. The summed E-state index contributed by atoms with van der Waals surface area (Å²) in [6, 6.07) is 8.05. The average molecular weight is 294 g/mol. The van der Waals surface area contributed by atoms with Gasteiger partial charge in [-0.2, -0.15) is 0 Å². The van der Waals surface area contributed by atoms with E-state index in [1.807, 2.05) is 24.3 Å². The van der Waals surface area contributed by atoms with Crippen molar-refractivity contribution in [2.75, 3.05) is 11.9 Å². The minimum atomic E-state index is 0.613. The number of nitrogens with one attached hydrogen (secondary N) is 1. The van der Waals surface area contributed by atoms with E-state index in [9.17, 15) is 0 Å². The second kappa shape index (κ2) is 4.72. The number of para-hydroxylation sites is 1. The minimum Gasteiger partial charge on any atom is -0.379 e. The molecule has 0 aliphatic carbocycles. The van der Waals surface area contributed by atoms with Crippen LogP contribution in [0.1, 0.15) is 0 Å². The van der Waals surface area contributed by atoms with Gasteiger partial charge in [-0.3, -0.25) is 0 Å². The van der Waals surface area contributed by atoms with E-state index in [2.05, 4.69) is 34.5 Å². The first-order chi connectivity index (χ1) is 5.70. The third kappa shape index (κ3) is 3.03. The Hall–Kier alpha value is -0.220. The maximum atomic E-state index is 5.62. The topological polar surface area (TPSA) is 12.0 Å². The van der Waals surface area contributed by atoms with Crippen molar-refractivity contribution >= 4 is 39.9 Å². The first kappa shape index (κ1) is 9.86. The van der Waals surface area contributed by atoms with Crippen LogP contribution in [0, 0.1) is 3.57 Å². The van der Waals surface area contributed by atoms with Gasteiger partial charge in [0.05, 0.1) is 6.54 Å². The van der Waals surface area contributed by atoms with Gasteiger partial charge in [-0.15, -0.1) is 0 Å². The maximum Gasteiger partial charge on any atom is 0.0502 e. The number of hydrogen-bond donors (Lipinski definition) is 1. The molecule has 0 bridgehead atoms. The van der Waals surface area contributed by atoms with Crippen molar-refractivity contribution in [1.82, 2.24) is 0 Å². The summed E-state index contributed by atoms with van der Waals surface area (Å²) in [6.07, 6.45) is 0. The van der Waals surface area contributed by atoms with E-state index in [0.717, 1.165) is 5.69 Å². The molecule has 0 amide bonds. The molecule has 64 valence electrons. The van der Waals surface area contributed by atoms with Crippen LogP contribution in [0.2, 0.25) is 0 Å². The Morgan fingerprint density at radius 1 is 1.50 bits per heavy atom. The smallest absolute Gasteiger partial charge is 0.0502 e. The summed E-state index contributed by atoms with van der Waals surface area (Å²) in [5.41, 5.74) is 1.10. The number of anilines is 1. The van der Waals surface area contributed by atoms with Gasteiger partial charge in [-0.25, -0.2) is 0 Å². The predicted octanol–water partition coefficient (Wildman–Crippen LogP) is 3.46. The van der Waals surface area contributed by atoms with Gasteiger partial charge in [0.25, 0.3) is 0 Å². The van der Waals surface area contributed by atoms with Crippen molar-refractivity contribution in [3.8, 4) is 0 Å². The molecule has 0 spiro atoms. The van der Waals surface area contributed by atoms with E-state index in [0.29, 0.717) is 11.6 Å². The molecule has 1 aromatic rings. The highest BCUT2D eigenvalue weighted by Gasteiger charge is 1.95. The van der Waals surface area contributed by atoms with Crippen molar-refractivity contribution in [1.29, 1.82) is 0 Å². The van der Waals surface area contributed by atoms with Crippen LogP contribution in [0.3, 0.4) is 0 Å². The molecule has 0 fully saturated rings. The Bertz CT molecular complexity index is 286. The molecule has 3 heteroatoms. The molecule has 1 nitrogen and oxygen atoms in total. The quantitative estimate of drug-likeness (QED) is 0.842. The van der Waals surface area contributed by atoms with Gasteiger partial charge < -0.3 is 5.32 Å². The van der Waals surface area contributed by atoms with E-state index in [1.54, 1.807) is 0 Å². The zero-order valence-corrected chi connectivity index (χ0v) is 9.39. The fraction of sp³-hybridized carbons (Fsp3) is 0.111. The summed E-state index contributed by atoms with van der Waals surface area (Å²) in [5, 5.41) is 3.79. The SMILES string of the molecule is C=C(Cl)CNc1ccccc1I. The molecule has 0 saturated carbocycles. The zero-order valence-electron chi connectivity index (χ0n) is 6.48. The van der Waals surface area contributed by atoms with Gasteiger partial charge in [0.1, 0.15) is 0 Å². The molecule has 0 saturated heterocycles. The Morgan fingerprint density at radius 2 is 2.17 bits per heavy atom. The van der Waals surface area contributed by atoms with E-state index in [1.165, 1.54) is 3.57 Å². The van der Waals surface area contributed by atoms with Crippen LogP contribution in [0.15, 0.2) is 35.9 Å². The molecule has 12 heavy (non-hydrogen) atoms. The Balaban J connectivity index is 2.63. The van der Waals surface area contributed by atoms with E-state index < -0.39 is 0 Å². The maximum absolute atomic E-state index is 5.62. The highest BCUT2D eigenvalue weighted by molar-refractivity contribution is 14.1. The van der Waals surface area contributed by atoms with Crippen molar-refractivity contribution in [3.63, 3.8) is 0 Å². The standard InChI is InChI=1S/C9H9ClIN/c1-7(10)6-12-9-5-3-2-4-8(9)11/h2-5,12H,1,6H2. The lowest BCUT2D eigenvalue weighted by Crippen LogP contribution is -2.01. The number of rotatable bonds is 3. The highest BCUT2D eigenvalue weighted by Crippen LogP contribution is 2.17. The second-order valence-corrected chi connectivity index (χ2v) is 4.05.